The van der Waals surface area contributed by atoms with Crippen LogP contribution in [0.15, 0.2) is 48.8 Å². The molecule has 2 aliphatic heterocycles. The van der Waals surface area contributed by atoms with Gasteiger partial charge in [0.1, 0.15) is 18.0 Å². The molecule has 2 N–H and O–H groups in total. The molecule has 0 unspecified atom stereocenters. The zero-order chi connectivity index (χ0) is 23.2. The Kier molecular flexibility index (Phi) is 4.99. The fourth-order valence-electron chi connectivity index (χ4n) is 5.08. The third-order valence-electron chi connectivity index (χ3n) is 6.77. The smallest absolute Gasteiger partial charge is 0.163 e. The molecule has 5 heterocycles. The molecule has 2 fully saturated rings. The topological polar surface area (TPSA) is 101 Å². The van der Waals surface area contributed by atoms with Gasteiger partial charge in [0.05, 0.1) is 22.3 Å². The summed E-state index contributed by atoms with van der Waals surface area (Å²) in [6.07, 6.45) is 3.92. The van der Waals surface area contributed by atoms with Crippen LogP contribution in [0.25, 0.3) is 16.9 Å². The van der Waals surface area contributed by atoms with Crippen molar-refractivity contribution in [3.63, 3.8) is 0 Å². The highest BCUT2D eigenvalue weighted by atomic mass is 16.1. The number of Topliss-reactive ketones (excluding diaryl/α,β-unsaturated/α-hetero) is 1. The van der Waals surface area contributed by atoms with Gasteiger partial charge in [-0.15, -0.1) is 5.10 Å². The Balaban J connectivity index is 1.39. The summed E-state index contributed by atoms with van der Waals surface area (Å²) in [6, 6.07) is 14.4. The molecular weight excluding hydrogens is 428 g/mol. The van der Waals surface area contributed by atoms with Crippen LogP contribution in [0.2, 0.25) is 0 Å². The van der Waals surface area contributed by atoms with E-state index in [4.69, 9.17) is 4.98 Å². The fraction of sp³-hybridized carbons (Fsp3) is 0.320. The van der Waals surface area contributed by atoms with Crippen molar-refractivity contribution in [1.82, 2.24) is 30.0 Å². The molecule has 6 rings (SSSR count). The molecule has 0 spiro atoms. The number of nitrogens with one attached hydrogen (secondary N) is 2. The largest absolute Gasteiger partial charge is 0.351 e. The molecule has 34 heavy (non-hydrogen) atoms. The Morgan fingerprint density at radius 1 is 1.12 bits per heavy atom. The van der Waals surface area contributed by atoms with E-state index in [1.807, 2.05) is 54.0 Å². The van der Waals surface area contributed by atoms with Crippen LogP contribution in [-0.4, -0.2) is 55.7 Å². The van der Waals surface area contributed by atoms with E-state index in [0.717, 1.165) is 60.0 Å². The molecule has 2 saturated heterocycles. The zero-order valence-corrected chi connectivity index (χ0v) is 19.2. The van der Waals surface area contributed by atoms with Crippen molar-refractivity contribution >= 4 is 34.1 Å². The Hall–Kier alpha value is -3.85. The van der Waals surface area contributed by atoms with Crippen molar-refractivity contribution in [2.45, 2.75) is 38.8 Å². The summed E-state index contributed by atoms with van der Waals surface area (Å²) in [4.78, 5) is 24.3. The lowest BCUT2D eigenvalue weighted by Gasteiger charge is -2.26. The fourth-order valence-corrected chi connectivity index (χ4v) is 5.08. The minimum absolute atomic E-state index is 0.0321. The molecule has 0 bridgehead atoms. The highest BCUT2D eigenvalue weighted by Gasteiger charge is 2.39. The molecule has 0 saturated carbocycles. The molecule has 0 aliphatic carbocycles. The first-order chi connectivity index (χ1) is 16.6. The third-order valence-corrected chi connectivity index (χ3v) is 6.77. The number of imidazole rings is 1. The SMILES string of the molecule is CC(=O)c1ccc(-n2cnc3ccc(Nc4ccc(C)nn4)cc32)nc1N1CC[C@@H]2NCC[C@H]21. The molecule has 0 radical (unpaired) electrons. The van der Waals surface area contributed by atoms with E-state index in [1.165, 1.54) is 0 Å². The van der Waals surface area contributed by atoms with Crippen LogP contribution >= 0.6 is 0 Å². The lowest BCUT2D eigenvalue weighted by atomic mass is 10.1. The number of nitrogens with zero attached hydrogens (tertiary/aromatic N) is 6. The molecule has 3 aromatic heterocycles. The summed E-state index contributed by atoms with van der Waals surface area (Å²) in [5, 5.41) is 15.2. The summed E-state index contributed by atoms with van der Waals surface area (Å²) in [5.41, 5.74) is 4.20. The molecular formula is C25H26N8O. The number of aryl methyl sites for hydroxylation is 1. The van der Waals surface area contributed by atoms with Crippen molar-refractivity contribution < 1.29 is 4.79 Å². The van der Waals surface area contributed by atoms with Gasteiger partial charge in [-0.3, -0.25) is 9.36 Å². The Labute approximate surface area is 197 Å². The van der Waals surface area contributed by atoms with E-state index >= 15 is 0 Å². The number of aromatic nitrogens is 5. The first-order valence-electron chi connectivity index (χ1n) is 11.6. The Morgan fingerprint density at radius 3 is 2.85 bits per heavy atom. The molecule has 9 nitrogen and oxygen atoms in total. The van der Waals surface area contributed by atoms with Crippen LogP contribution in [0.1, 0.15) is 35.8 Å². The predicted octanol–water partition coefficient (Wildman–Crippen LogP) is 3.41. The Bertz CT molecular complexity index is 1380. The maximum absolute atomic E-state index is 12.4. The first-order valence-corrected chi connectivity index (χ1v) is 11.6. The number of carbonyl (C=O) groups is 1. The molecule has 2 aliphatic rings. The van der Waals surface area contributed by atoms with Crippen molar-refractivity contribution in [1.29, 1.82) is 0 Å². The number of hydrogen-bond acceptors (Lipinski definition) is 8. The quantitative estimate of drug-likeness (QED) is 0.443. The first kappa shape index (κ1) is 20.7. The molecule has 1 aromatic carbocycles. The van der Waals surface area contributed by atoms with E-state index < -0.39 is 0 Å². The lowest BCUT2D eigenvalue weighted by molar-refractivity contribution is 0.101. The van der Waals surface area contributed by atoms with Gasteiger partial charge in [0.25, 0.3) is 0 Å². The lowest BCUT2D eigenvalue weighted by Crippen LogP contribution is -2.35. The van der Waals surface area contributed by atoms with Gasteiger partial charge in [-0.1, -0.05) is 0 Å². The van der Waals surface area contributed by atoms with Crippen LogP contribution in [0, 0.1) is 6.92 Å². The number of anilines is 3. The van der Waals surface area contributed by atoms with Crippen molar-refractivity contribution in [3.05, 3.63) is 60.0 Å². The summed E-state index contributed by atoms with van der Waals surface area (Å²) < 4.78 is 1.97. The van der Waals surface area contributed by atoms with Crippen LogP contribution < -0.4 is 15.5 Å². The highest BCUT2D eigenvalue weighted by Crippen LogP contribution is 2.33. The van der Waals surface area contributed by atoms with Gasteiger partial charge in [0.15, 0.2) is 11.6 Å². The average Bonchev–Trinajstić information content (AvgIpc) is 3.56. The number of hydrogen-bond donors (Lipinski definition) is 2. The van der Waals surface area contributed by atoms with Crippen LogP contribution in [-0.2, 0) is 0 Å². The minimum Gasteiger partial charge on any atom is -0.351 e. The average molecular weight is 455 g/mol. The van der Waals surface area contributed by atoms with Crippen LogP contribution in [0.3, 0.4) is 0 Å². The van der Waals surface area contributed by atoms with Gasteiger partial charge in [0.2, 0.25) is 0 Å². The van der Waals surface area contributed by atoms with E-state index in [2.05, 4.69) is 30.7 Å². The van der Waals surface area contributed by atoms with Crippen LogP contribution in [0.5, 0.6) is 0 Å². The van der Waals surface area contributed by atoms with Gasteiger partial charge in [-0.05, 0) is 75.7 Å². The second-order valence-electron chi connectivity index (χ2n) is 9.00. The molecule has 0 amide bonds. The molecule has 2 atom stereocenters. The number of fused-ring (bicyclic) bond motifs is 2. The van der Waals surface area contributed by atoms with E-state index in [-0.39, 0.29) is 5.78 Å². The van der Waals surface area contributed by atoms with Gasteiger partial charge >= 0.3 is 0 Å². The highest BCUT2D eigenvalue weighted by molar-refractivity contribution is 5.99. The summed E-state index contributed by atoms with van der Waals surface area (Å²) >= 11 is 0. The predicted molar refractivity (Wildman–Crippen MR) is 131 cm³/mol. The maximum Gasteiger partial charge on any atom is 0.163 e. The second kappa shape index (κ2) is 8.18. The van der Waals surface area contributed by atoms with Crippen molar-refractivity contribution in [2.75, 3.05) is 23.3 Å². The summed E-state index contributed by atoms with van der Waals surface area (Å²) in [5.74, 6) is 2.22. The van der Waals surface area contributed by atoms with Gasteiger partial charge < -0.3 is 15.5 Å². The number of rotatable bonds is 5. The number of carbonyl (C=O) groups excluding carboxylic acids is 1. The maximum atomic E-state index is 12.4. The van der Waals surface area contributed by atoms with E-state index in [0.29, 0.717) is 23.5 Å². The second-order valence-corrected chi connectivity index (χ2v) is 9.00. The molecule has 4 aromatic rings. The van der Waals surface area contributed by atoms with E-state index in [9.17, 15) is 4.79 Å². The van der Waals surface area contributed by atoms with Gasteiger partial charge in [-0.25, -0.2) is 9.97 Å². The van der Waals surface area contributed by atoms with Gasteiger partial charge in [0, 0.05) is 24.3 Å². The zero-order valence-electron chi connectivity index (χ0n) is 19.2. The normalized spacial score (nSPS) is 19.5. The number of benzene rings is 1. The number of pyridine rings is 1. The summed E-state index contributed by atoms with van der Waals surface area (Å²) in [7, 11) is 0. The minimum atomic E-state index is 0.0321. The number of ketones is 1. The van der Waals surface area contributed by atoms with Crippen molar-refractivity contribution in [2.24, 2.45) is 0 Å². The standard InChI is InChI=1S/C25H26N8O/c1-15-3-7-23(31-30-15)28-17-4-6-19-22(13-17)33(14-27-19)24-8-5-18(16(2)34)25(29-24)32-12-10-20-21(32)9-11-26-20/h3-8,13-14,20-21,26H,9-12H2,1-2H3,(H,28,31)/t20-,21+/m0/s1. The van der Waals surface area contributed by atoms with Gasteiger partial charge in [-0.2, -0.15) is 5.10 Å². The molecule has 9 heteroatoms. The monoisotopic (exact) mass is 454 g/mol. The van der Waals surface area contributed by atoms with E-state index in [1.54, 1.807) is 13.3 Å². The van der Waals surface area contributed by atoms with Crippen LogP contribution in [0.4, 0.5) is 17.3 Å². The summed E-state index contributed by atoms with van der Waals surface area (Å²) in [6.45, 7) is 5.42. The molecule has 172 valence electrons. The Morgan fingerprint density at radius 2 is 2.03 bits per heavy atom. The van der Waals surface area contributed by atoms with Crippen molar-refractivity contribution in [3.8, 4) is 5.82 Å². The third kappa shape index (κ3) is 3.58.